The quantitative estimate of drug-likeness (QED) is 0.564. The van der Waals surface area contributed by atoms with E-state index in [-0.39, 0.29) is 0 Å². The molecule has 1 heteroatoms. The first-order chi connectivity index (χ1) is 4.84. The lowest BCUT2D eigenvalue weighted by Crippen LogP contribution is -1.87. The van der Waals surface area contributed by atoms with Crippen LogP contribution in [0.15, 0.2) is 37.2 Å². The molecule has 1 rings (SSSR count). The summed E-state index contributed by atoms with van der Waals surface area (Å²) in [7, 11) is 0. The Balaban J connectivity index is 2.84. The second-order valence-corrected chi connectivity index (χ2v) is 2.31. The van der Waals surface area contributed by atoms with Gasteiger partial charge in [0.05, 0.1) is 0 Å². The van der Waals surface area contributed by atoms with Gasteiger partial charge in [0, 0.05) is 18.3 Å². The number of allylic oxidation sites excluding steroid dienone is 1. The average molecular weight is 133 g/mol. The Morgan fingerprint density at radius 2 is 2.50 bits per heavy atom. The Bertz CT molecular complexity index is 203. The molecular formula is C9H11N. The molecule has 0 aliphatic heterocycles. The minimum absolute atomic E-state index is 0.411. The molecule has 0 aromatic carbocycles. The molecule has 0 aliphatic rings. The summed E-state index contributed by atoms with van der Waals surface area (Å²) < 4.78 is 0. The molecule has 1 nitrogen and oxygen atoms in total. The molecule has 0 bridgehead atoms. The van der Waals surface area contributed by atoms with Gasteiger partial charge in [-0.25, -0.2) is 0 Å². The molecule has 0 aliphatic carbocycles. The molecule has 52 valence electrons. The summed E-state index contributed by atoms with van der Waals surface area (Å²) in [5, 5.41) is 0. The normalized spacial score (nSPS) is 12.5. The van der Waals surface area contributed by atoms with Crippen molar-refractivity contribution in [2.45, 2.75) is 12.8 Å². The molecule has 1 heterocycles. The molecule has 0 saturated carbocycles. The Morgan fingerprint density at radius 1 is 1.70 bits per heavy atom. The number of hydrogen-bond donors (Lipinski definition) is 0. The first-order valence-corrected chi connectivity index (χ1v) is 3.37. The van der Waals surface area contributed by atoms with Gasteiger partial charge in [-0.15, -0.1) is 6.58 Å². The maximum absolute atomic E-state index is 4.01. The third-order valence-electron chi connectivity index (χ3n) is 1.56. The second kappa shape index (κ2) is 3.16. The Kier molecular flexibility index (Phi) is 2.21. The molecule has 1 aromatic rings. The van der Waals surface area contributed by atoms with E-state index in [9.17, 15) is 0 Å². The second-order valence-electron chi connectivity index (χ2n) is 2.31. The van der Waals surface area contributed by atoms with Gasteiger partial charge in [0.15, 0.2) is 0 Å². The third-order valence-corrected chi connectivity index (χ3v) is 1.56. The Morgan fingerprint density at radius 3 is 3.00 bits per heavy atom. The van der Waals surface area contributed by atoms with Crippen LogP contribution in [0.3, 0.4) is 0 Å². The molecule has 0 amide bonds. The molecule has 0 unspecified atom stereocenters. The number of pyridine rings is 1. The summed E-state index contributed by atoms with van der Waals surface area (Å²) in [5.41, 5.74) is 1.22. The van der Waals surface area contributed by atoms with E-state index in [1.165, 1.54) is 5.56 Å². The minimum atomic E-state index is 0.411. The van der Waals surface area contributed by atoms with Crippen molar-refractivity contribution in [3.63, 3.8) is 0 Å². The lowest BCUT2D eigenvalue weighted by Gasteiger charge is -2.02. The van der Waals surface area contributed by atoms with E-state index in [1.54, 1.807) is 6.20 Å². The van der Waals surface area contributed by atoms with E-state index in [2.05, 4.69) is 24.6 Å². The standard InChI is InChI=1S/C9H11N/c1-3-8(2)9-5-4-6-10-7-9/h3-8H,1H2,2H3/t8-/m1/s1. The summed E-state index contributed by atoms with van der Waals surface area (Å²) in [6.07, 6.45) is 5.56. The fourth-order valence-electron chi connectivity index (χ4n) is 0.781. The summed E-state index contributed by atoms with van der Waals surface area (Å²) in [4.78, 5) is 4.01. The first-order valence-electron chi connectivity index (χ1n) is 3.37. The molecular weight excluding hydrogens is 122 g/mol. The molecule has 0 spiro atoms. The lowest BCUT2D eigenvalue weighted by atomic mass is 10.0. The molecule has 0 fully saturated rings. The van der Waals surface area contributed by atoms with Crippen LogP contribution in [0, 0.1) is 0 Å². The van der Waals surface area contributed by atoms with Crippen molar-refractivity contribution >= 4 is 0 Å². The van der Waals surface area contributed by atoms with Crippen molar-refractivity contribution in [2.24, 2.45) is 0 Å². The van der Waals surface area contributed by atoms with Crippen molar-refractivity contribution in [1.82, 2.24) is 4.98 Å². The predicted molar refractivity (Wildman–Crippen MR) is 42.8 cm³/mol. The van der Waals surface area contributed by atoms with E-state index in [0.29, 0.717) is 5.92 Å². The largest absolute Gasteiger partial charge is 0.264 e. The van der Waals surface area contributed by atoms with Crippen LogP contribution in [0.4, 0.5) is 0 Å². The number of aromatic nitrogens is 1. The monoisotopic (exact) mass is 133 g/mol. The van der Waals surface area contributed by atoms with Gasteiger partial charge in [-0.3, -0.25) is 4.98 Å². The fraction of sp³-hybridized carbons (Fsp3) is 0.222. The van der Waals surface area contributed by atoms with Crippen LogP contribution >= 0.6 is 0 Å². The predicted octanol–water partition coefficient (Wildman–Crippen LogP) is 2.37. The van der Waals surface area contributed by atoms with Crippen molar-refractivity contribution < 1.29 is 0 Å². The molecule has 1 atom stereocenters. The topological polar surface area (TPSA) is 12.9 Å². The SMILES string of the molecule is C=C[C@@H](C)c1cccnc1. The van der Waals surface area contributed by atoms with Crippen molar-refractivity contribution in [3.05, 3.63) is 42.7 Å². The maximum atomic E-state index is 4.01. The Labute approximate surface area is 61.4 Å². The van der Waals surface area contributed by atoms with E-state index >= 15 is 0 Å². The number of nitrogens with zero attached hydrogens (tertiary/aromatic N) is 1. The first kappa shape index (κ1) is 7.00. The molecule has 0 saturated heterocycles. The summed E-state index contributed by atoms with van der Waals surface area (Å²) in [5.74, 6) is 0.411. The van der Waals surface area contributed by atoms with Crippen molar-refractivity contribution in [2.75, 3.05) is 0 Å². The molecule has 0 radical (unpaired) electrons. The van der Waals surface area contributed by atoms with Gasteiger partial charge < -0.3 is 0 Å². The highest BCUT2D eigenvalue weighted by atomic mass is 14.6. The van der Waals surface area contributed by atoms with Crippen LogP contribution in [0.1, 0.15) is 18.4 Å². The van der Waals surface area contributed by atoms with Crippen molar-refractivity contribution in [1.29, 1.82) is 0 Å². The summed E-state index contributed by atoms with van der Waals surface area (Å²) in [6.45, 7) is 5.81. The lowest BCUT2D eigenvalue weighted by molar-refractivity contribution is 0.957. The highest BCUT2D eigenvalue weighted by Crippen LogP contribution is 2.12. The smallest absolute Gasteiger partial charge is 0.0305 e. The Hall–Kier alpha value is -1.11. The third kappa shape index (κ3) is 1.44. The zero-order valence-electron chi connectivity index (χ0n) is 6.12. The molecule has 0 N–H and O–H groups in total. The van der Waals surface area contributed by atoms with E-state index in [4.69, 9.17) is 0 Å². The zero-order valence-corrected chi connectivity index (χ0v) is 6.12. The highest BCUT2D eigenvalue weighted by Gasteiger charge is 1.97. The number of rotatable bonds is 2. The van der Waals surface area contributed by atoms with Gasteiger partial charge >= 0.3 is 0 Å². The van der Waals surface area contributed by atoms with Gasteiger partial charge in [-0.1, -0.05) is 19.1 Å². The maximum Gasteiger partial charge on any atom is 0.0305 e. The number of hydrogen-bond acceptors (Lipinski definition) is 1. The van der Waals surface area contributed by atoms with Gasteiger partial charge in [0.25, 0.3) is 0 Å². The minimum Gasteiger partial charge on any atom is -0.264 e. The molecule has 1 aromatic heterocycles. The van der Waals surface area contributed by atoms with E-state index in [1.807, 2.05) is 18.3 Å². The van der Waals surface area contributed by atoms with E-state index < -0.39 is 0 Å². The average Bonchev–Trinajstić information content (AvgIpc) is 2.05. The summed E-state index contributed by atoms with van der Waals surface area (Å²) in [6, 6.07) is 3.99. The van der Waals surface area contributed by atoms with E-state index in [0.717, 1.165) is 0 Å². The van der Waals surface area contributed by atoms with Gasteiger partial charge in [-0.2, -0.15) is 0 Å². The van der Waals surface area contributed by atoms with Crippen LogP contribution in [0.5, 0.6) is 0 Å². The van der Waals surface area contributed by atoms with Gasteiger partial charge in [-0.05, 0) is 11.6 Å². The van der Waals surface area contributed by atoms with Gasteiger partial charge in [0.1, 0.15) is 0 Å². The van der Waals surface area contributed by atoms with Crippen LogP contribution in [-0.4, -0.2) is 4.98 Å². The van der Waals surface area contributed by atoms with Crippen LogP contribution in [0.25, 0.3) is 0 Å². The fourth-order valence-corrected chi connectivity index (χ4v) is 0.781. The van der Waals surface area contributed by atoms with Crippen LogP contribution < -0.4 is 0 Å². The zero-order chi connectivity index (χ0) is 7.40. The summed E-state index contributed by atoms with van der Waals surface area (Å²) >= 11 is 0. The van der Waals surface area contributed by atoms with Crippen molar-refractivity contribution in [3.8, 4) is 0 Å². The highest BCUT2D eigenvalue weighted by molar-refractivity contribution is 5.17. The van der Waals surface area contributed by atoms with Crippen LogP contribution in [-0.2, 0) is 0 Å². The van der Waals surface area contributed by atoms with Gasteiger partial charge in [0.2, 0.25) is 0 Å². The molecule has 10 heavy (non-hydrogen) atoms. The van der Waals surface area contributed by atoms with Crippen LogP contribution in [0.2, 0.25) is 0 Å².